The van der Waals surface area contributed by atoms with Crippen molar-refractivity contribution >= 4 is 0 Å². The van der Waals surface area contributed by atoms with E-state index in [0.717, 1.165) is 6.54 Å². The van der Waals surface area contributed by atoms with Crippen molar-refractivity contribution in [2.24, 2.45) is 11.7 Å². The smallest absolute Gasteiger partial charge is 0.0216 e. The molecule has 1 rings (SSSR count). The highest BCUT2D eigenvalue weighted by Gasteiger charge is 2.11. The molecule has 2 nitrogen and oxygen atoms in total. The zero-order chi connectivity index (χ0) is 13.7. The van der Waals surface area contributed by atoms with Crippen LogP contribution >= 0.6 is 0 Å². The fourth-order valence-electron chi connectivity index (χ4n) is 2.07. The van der Waals surface area contributed by atoms with E-state index < -0.39 is 0 Å². The molecule has 1 aromatic rings. The molecular weight excluding hydrogens is 220 g/mol. The summed E-state index contributed by atoms with van der Waals surface area (Å²) in [5, 5.41) is 3.57. The van der Waals surface area contributed by atoms with E-state index in [4.69, 9.17) is 5.73 Å². The molecular formula is C16H28N2. The number of benzene rings is 1. The molecule has 0 fully saturated rings. The Hall–Kier alpha value is -0.860. The van der Waals surface area contributed by atoms with Gasteiger partial charge in [-0.15, -0.1) is 0 Å². The van der Waals surface area contributed by atoms with Gasteiger partial charge in [-0.05, 0) is 35.4 Å². The quantitative estimate of drug-likeness (QED) is 0.811. The number of aryl methyl sites for hydroxylation is 1. The average Bonchev–Trinajstić information content (AvgIpc) is 2.31. The van der Waals surface area contributed by atoms with Gasteiger partial charge < -0.3 is 11.1 Å². The predicted molar refractivity (Wildman–Crippen MR) is 79.8 cm³/mol. The fourth-order valence-corrected chi connectivity index (χ4v) is 2.07. The summed E-state index contributed by atoms with van der Waals surface area (Å²) in [6, 6.07) is 7.17. The molecule has 0 amide bonds. The third kappa shape index (κ3) is 4.11. The maximum absolute atomic E-state index is 5.79. The Morgan fingerprint density at radius 2 is 1.83 bits per heavy atom. The number of hydrogen-bond acceptors (Lipinski definition) is 2. The molecule has 0 saturated heterocycles. The summed E-state index contributed by atoms with van der Waals surface area (Å²) in [5.74, 6) is 1.16. The van der Waals surface area contributed by atoms with Crippen molar-refractivity contribution in [3.63, 3.8) is 0 Å². The molecule has 102 valence electrons. The largest absolute Gasteiger partial charge is 0.329 e. The highest BCUT2D eigenvalue weighted by atomic mass is 14.9. The molecule has 0 radical (unpaired) electrons. The lowest BCUT2D eigenvalue weighted by Crippen LogP contribution is -2.39. The van der Waals surface area contributed by atoms with Gasteiger partial charge in [-0.1, -0.05) is 45.9 Å². The van der Waals surface area contributed by atoms with Crippen LogP contribution < -0.4 is 11.1 Å². The summed E-state index contributed by atoms with van der Waals surface area (Å²) >= 11 is 0. The van der Waals surface area contributed by atoms with Crippen molar-refractivity contribution in [1.29, 1.82) is 0 Å². The van der Waals surface area contributed by atoms with Crippen molar-refractivity contribution in [2.45, 2.75) is 53.1 Å². The van der Waals surface area contributed by atoms with Crippen LogP contribution in [0.5, 0.6) is 0 Å². The number of rotatable bonds is 6. The third-order valence-corrected chi connectivity index (χ3v) is 3.65. The Morgan fingerprint density at radius 3 is 2.33 bits per heavy atom. The van der Waals surface area contributed by atoms with Crippen LogP contribution in [-0.2, 0) is 6.54 Å². The van der Waals surface area contributed by atoms with Crippen molar-refractivity contribution < 1.29 is 0 Å². The minimum absolute atomic E-state index is 0.395. The highest BCUT2D eigenvalue weighted by Crippen LogP contribution is 2.18. The van der Waals surface area contributed by atoms with Gasteiger partial charge in [0.25, 0.3) is 0 Å². The highest BCUT2D eigenvalue weighted by molar-refractivity contribution is 5.32. The Bertz CT molecular complexity index is 369. The van der Waals surface area contributed by atoms with Gasteiger partial charge in [0.1, 0.15) is 0 Å². The molecule has 0 bridgehead atoms. The molecule has 0 aliphatic rings. The maximum Gasteiger partial charge on any atom is 0.0216 e. The molecule has 18 heavy (non-hydrogen) atoms. The van der Waals surface area contributed by atoms with E-state index in [1.54, 1.807) is 0 Å². The Balaban J connectivity index is 2.74. The minimum Gasteiger partial charge on any atom is -0.329 e. The molecule has 0 spiro atoms. The van der Waals surface area contributed by atoms with Crippen LogP contribution in [0.3, 0.4) is 0 Å². The molecule has 2 heteroatoms. The number of nitrogens with two attached hydrogens (primary N) is 1. The first-order valence-electron chi connectivity index (χ1n) is 6.98. The fraction of sp³-hybridized carbons (Fsp3) is 0.625. The average molecular weight is 248 g/mol. The Morgan fingerprint density at radius 1 is 1.17 bits per heavy atom. The zero-order valence-electron chi connectivity index (χ0n) is 12.5. The first kappa shape index (κ1) is 15.2. The van der Waals surface area contributed by atoms with E-state index >= 15 is 0 Å². The van der Waals surface area contributed by atoms with Gasteiger partial charge >= 0.3 is 0 Å². The lowest BCUT2D eigenvalue weighted by Gasteiger charge is -2.21. The van der Waals surface area contributed by atoms with Gasteiger partial charge in [0.15, 0.2) is 0 Å². The van der Waals surface area contributed by atoms with Gasteiger partial charge in [0, 0.05) is 19.1 Å². The summed E-state index contributed by atoms with van der Waals surface area (Å²) in [6.45, 7) is 12.7. The second-order valence-electron chi connectivity index (χ2n) is 5.81. The summed E-state index contributed by atoms with van der Waals surface area (Å²) in [6.07, 6.45) is 0. The molecule has 0 saturated carbocycles. The van der Waals surface area contributed by atoms with Crippen molar-refractivity contribution in [1.82, 2.24) is 5.32 Å². The third-order valence-electron chi connectivity index (χ3n) is 3.65. The van der Waals surface area contributed by atoms with Crippen molar-refractivity contribution in [3.8, 4) is 0 Å². The zero-order valence-corrected chi connectivity index (χ0v) is 12.5. The summed E-state index contributed by atoms with van der Waals surface area (Å²) in [7, 11) is 0. The van der Waals surface area contributed by atoms with Gasteiger partial charge in [-0.2, -0.15) is 0 Å². The van der Waals surface area contributed by atoms with Crippen LogP contribution in [0.4, 0.5) is 0 Å². The summed E-state index contributed by atoms with van der Waals surface area (Å²) < 4.78 is 0. The van der Waals surface area contributed by atoms with Crippen molar-refractivity contribution in [2.75, 3.05) is 6.54 Å². The Labute approximate surface area is 112 Å². The maximum atomic E-state index is 5.79. The molecule has 1 aromatic carbocycles. The van der Waals surface area contributed by atoms with E-state index in [1.807, 2.05) is 0 Å². The van der Waals surface area contributed by atoms with Gasteiger partial charge in [0.05, 0.1) is 0 Å². The topological polar surface area (TPSA) is 38.0 Å². The summed E-state index contributed by atoms with van der Waals surface area (Å²) in [5.41, 5.74) is 9.94. The minimum atomic E-state index is 0.395. The van der Waals surface area contributed by atoms with E-state index in [0.29, 0.717) is 24.4 Å². The van der Waals surface area contributed by atoms with Crippen LogP contribution in [0.25, 0.3) is 0 Å². The number of hydrogen-bond donors (Lipinski definition) is 2. The second kappa shape index (κ2) is 6.91. The standard InChI is InChI=1S/C16H28N2/c1-11(2)14-7-6-13(5)15(8-14)10-18-16(9-17)12(3)4/h6-8,11-12,16,18H,9-10,17H2,1-5H3. The summed E-state index contributed by atoms with van der Waals surface area (Å²) in [4.78, 5) is 0. The molecule has 3 N–H and O–H groups in total. The van der Waals surface area contributed by atoms with Crippen LogP contribution in [0.1, 0.15) is 50.3 Å². The van der Waals surface area contributed by atoms with Crippen LogP contribution in [-0.4, -0.2) is 12.6 Å². The van der Waals surface area contributed by atoms with E-state index in [9.17, 15) is 0 Å². The van der Waals surface area contributed by atoms with Crippen molar-refractivity contribution in [3.05, 3.63) is 34.9 Å². The number of nitrogens with one attached hydrogen (secondary N) is 1. The SMILES string of the molecule is Cc1ccc(C(C)C)cc1CNC(CN)C(C)C. The van der Waals surface area contributed by atoms with Gasteiger partial charge in [0.2, 0.25) is 0 Å². The Kier molecular flexibility index (Phi) is 5.83. The first-order chi connectivity index (χ1) is 8.45. The molecule has 1 atom stereocenters. The van der Waals surface area contributed by atoms with Crippen LogP contribution in [0, 0.1) is 12.8 Å². The molecule has 0 aliphatic heterocycles. The van der Waals surface area contributed by atoms with E-state index in [1.165, 1.54) is 16.7 Å². The monoisotopic (exact) mass is 248 g/mol. The second-order valence-corrected chi connectivity index (χ2v) is 5.81. The van der Waals surface area contributed by atoms with E-state index in [2.05, 4.69) is 58.1 Å². The predicted octanol–water partition coefficient (Wildman–Crippen LogP) is 3.19. The molecule has 0 aliphatic carbocycles. The molecule has 1 unspecified atom stereocenters. The van der Waals surface area contributed by atoms with E-state index in [-0.39, 0.29) is 0 Å². The van der Waals surface area contributed by atoms with Gasteiger partial charge in [-0.3, -0.25) is 0 Å². The van der Waals surface area contributed by atoms with Crippen LogP contribution in [0.15, 0.2) is 18.2 Å². The molecule has 0 aromatic heterocycles. The lowest BCUT2D eigenvalue weighted by molar-refractivity contribution is 0.404. The van der Waals surface area contributed by atoms with Gasteiger partial charge in [-0.25, -0.2) is 0 Å². The normalized spacial score (nSPS) is 13.3. The first-order valence-corrected chi connectivity index (χ1v) is 6.98. The molecule has 0 heterocycles. The lowest BCUT2D eigenvalue weighted by atomic mass is 9.97. The van der Waals surface area contributed by atoms with Crippen LogP contribution in [0.2, 0.25) is 0 Å².